The number of carbonyl (C=O) groups excluding carboxylic acids is 1. The van der Waals surface area contributed by atoms with Gasteiger partial charge in [0.25, 0.3) is 0 Å². The lowest BCUT2D eigenvalue weighted by molar-refractivity contribution is -0.146. The molecule has 0 unspecified atom stereocenters. The molecule has 1 N–H and O–H groups in total. The highest BCUT2D eigenvalue weighted by molar-refractivity contribution is 5.85. The molecule has 1 aromatic heterocycles. The molecule has 22 heavy (non-hydrogen) atoms. The summed E-state index contributed by atoms with van der Waals surface area (Å²) in [5.41, 5.74) is -0.463. The van der Waals surface area contributed by atoms with Crippen molar-refractivity contribution in [1.82, 2.24) is 19.8 Å². The van der Waals surface area contributed by atoms with E-state index in [0.717, 1.165) is 44.8 Å². The Morgan fingerprint density at radius 3 is 2.82 bits per heavy atom. The molecule has 3 rings (SSSR count). The number of amides is 1. The van der Waals surface area contributed by atoms with E-state index in [-0.39, 0.29) is 5.91 Å². The number of nitrogens with one attached hydrogen (secondary N) is 1. The highest BCUT2D eigenvalue weighted by atomic mass is 16.5. The second-order valence-electron chi connectivity index (χ2n) is 6.72. The number of nitrogens with zero attached hydrogens (tertiary/aromatic N) is 3. The van der Waals surface area contributed by atoms with Crippen molar-refractivity contribution >= 4 is 5.91 Å². The minimum Gasteiger partial charge on any atom is -0.379 e. The zero-order chi connectivity index (χ0) is 15.6. The molecule has 3 heterocycles. The molecule has 0 aliphatic carbocycles. The minimum absolute atomic E-state index is 0.227. The molecule has 6 nitrogen and oxygen atoms in total. The van der Waals surface area contributed by atoms with Gasteiger partial charge in [-0.1, -0.05) is 0 Å². The van der Waals surface area contributed by atoms with Crippen LogP contribution in [0.4, 0.5) is 0 Å². The van der Waals surface area contributed by atoms with Gasteiger partial charge in [0.2, 0.25) is 5.91 Å². The van der Waals surface area contributed by atoms with Crippen LogP contribution in [0, 0.1) is 0 Å². The molecular formula is C16H26N4O2. The molecule has 0 bridgehead atoms. The molecule has 2 saturated heterocycles. The quantitative estimate of drug-likeness (QED) is 0.912. The molecule has 2 fully saturated rings. The van der Waals surface area contributed by atoms with Gasteiger partial charge in [-0.15, -0.1) is 0 Å². The van der Waals surface area contributed by atoms with Crippen LogP contribution in [0.25, 0.3) is 0 Å². The van der Waals surface area contributed by atoms with Crippen LogP contribution in [-0.2, 0) is 9.53 Å². The average Bonchev–Trinajstić information content (AvgIpc) is 3.09. The fraction of sp³-hybridized carbons (Fsp3) is 0.750. The van der Waals surface area contributed by atoms with Gasteiger partial charge in [-0.2, -0.15) is 0 Å². The van der Waals surface area contributed by atoms with Crippen molar-refractivity contribution in [2.24, 2.45) is 0 Å². The Morgan fingerprint density at radius 1 is 1.36 bits per heavy atom. The first kappa shape index (κ1) is 15.5. The number of imidazole rings is 1. The smallest absolute Gasteiger partial charge is 0.242 e. The summed E-state index contributed by atoms with van der Waals surface area (Å²) in [5, 5.41) is 0. The Hall–Kier alpha value is -1.40. The summed E-state index contributed by atoms with van der Waals surface area (Å²) in [4.78, 5) is 24.9. The fourth-order valence-electron chi connectivity index (χ4n) is 3.53. The van der Waals surface area contributed by atoms with Crippen LogP contribution >= 0.6 is 0 Å². The van der Waals surface area contributed by atoms with Crippen LogP contribution in [-0.4, -0.2) is 70.6 Å². The first-order valence-corrected chi connectivity index (χ1v) is 8.20. The molecule has 2 aliphatic rings. The van der Waals surface area contributed by atoms with Gasteiger partial charge in [0.15, 0.2) is 0 Å². The van der Waals surface area contributed by atoms with Crippen LogP contribution < -0.4 is 0 Å². The molecule has 0 saturated carbocycles. The van der Waals surface area contributed by atoms with Crippen molar-refractivity contribution in [3.63, 3.8) is 0 Å². The van der Waals surface area contributed by atoms with Gasteiger partial charge in [0.1, 0.15) is 5.82 Å². The Labute approximate surface area is 131 Å². The predicted octanol–water partition coefficient (Wildman–Crippen LogP) is 1.23. The third-order valence-corrected chi connectivity index (χ3v) is 4.94. The van der Waals surface area contributed by atoms with Crippen molar-refractivity contribution in [2.75, 3.05) is 39.4 Å². The summed E-state index contributed by atoms with van der Waals surface area (Å²) in [7, 11) is 0. The SMILES string of the molecule is CC(C)(C(=O)N1CCC[C@H](c2ncc[nH]2)C1)N1CCOCC1. The molecule has 1 aromatic rings. The summed E-state index contributed by atoms with van der Waals surface area (Å²) in [6.45, 7) is 8.78. The standard InChI is InChI=1S/C16H26N4O2/c1-16(2,20-8-10-22-11-9-20)15(21)19-7-3-4-13(12-19)14-17-5-6-18-14/h5-6,13H,3-4,7-12H2,1-2H3,(H,17,18)/t13-/m0/s1. The van der Waals surface area contributed by atoms with E-state index in [9.17, 15) is 4.79 Å². The first-order chi connectivity index (χ1) is 10.6. The van der Waals surface area contributed by atoms with Gasteiger partial charge in [-0.25, -0.2) is 4.98 Å². The number of hydrogen-bond donors (Lipinski definition) is 1. The second-order valence-corrected chi connectivity index (χ2v) is 6.72. The highest BCUT2D eigenvalue weighted by Gasteiger charge is 2.40. The second kappa shape index (κ2) is 6.38. The maximum atomic E-state index is 13.0. The number of ether oxygens (including phenoxy) is 1. The summed E-state index contributed by atoms with van der Waals surface area (Å²) < 4.78 is 5.41. The molecule has 1 atom stereocenters. The number of morpholine rings is 1. The van der Waals surface area contributed by atoms with E-state index >= 15 is 0 Å². The van der Waals surface area contributed by atoms with E-state index in [1.807, 2.05) is 24.9 Å². The van der Waals surface area contributed by atoms with Crippen molar-refractivity contribution < 1.29 is 9.53 Å². The first-order valence-electron chi connectivity index (χ1n) is 8.20. The number of aromatic amines is 1. The largest absolute Gasteiger partial charge is 0.379 e. The van der Waals surface area contributed by atoms with Gasteiger partial charge >= 0.3 is 0 Å². The predicted molar refractivity (Wildman–Crippen MR) is 83.6 cm³/mol. The molecule has 0 spiro atoms. The topological polar surface area (TPSA) is 61.5 Å². The van der Waals surface area contributed by atoms with Crippen molar-refractivity contribution in [3.05, 3.63) is 18.2 Å². The summed E-state index contributed by atoms with van der Waals surface area (Å²) >= 11 is 0. The van der Waals surface area contributed by atoms with E-state index < -0.39 is 5.54 Å². The third-order valence-electron chi connectivity index (χ3n) is 4.94. The number of carbonyl (C=O) groups is 1. The van der Waals surface area contributed by atoms with E-state index in [0.29, 0.717) is 19.1 Å². The Bertz CT molecular complexity index is 494. The van der Waals surface area contributed by atoms with Crippen LogP contribution in [0.2, 0.25) is 0 Å². The van der Waals surface area contributed by atoms with E-state index in [4.69, 9.17) is 4.74 Å². The molecule has 0 aromatic carbocycles. The number of hydrogen-bond acceptors (Lipinski definition) is 4. The molecular weight excluding hydrogens is 280 g/mol. The Kier molecular flexibility index (Phi) is 4.49. The molecule has 0 radical (unpaired) electrons. The maximum Gasteiger partial charge on any atom is 0.242 e. The van der Waals surface area contributed by atoms with Crippen LogP contribution in [0.15, 0.2) is 12.4 Å². The monoisotopic (exact) mass is 306 g/mol. The third kappa shape index (κ3) is 3.03. The van der Waals surface area contributed by atoms with Gasteiger partial charge < -0.3 is 14.6 Å². The van der Waals surface area contributed by atoms with Crippen LogP contribution in [0.1, 0.15) is 38.4 Å². The van der Waals surface area contributed by atoms with Gasteiger partial charge in [-0.05, 0) is 26.7 Å². The van der Waals surface area contributed by atoms with E-state index in [2.05, 4.69) is 14.9 Å². The summed E-state index contributed by atoms with van der Waals surface area (Å²) in [5.74, 6) is 1.56. The highest BCUT2D eigenvalue weighted by Crippen LogP contribution is 2.27. The average molecular weight is 306 g/mol. The zero-order valence-corrected chi connectivity index (χ0v) is 13.5. The number of likely N-dealkylation sites (tertiary alicyclic amines) is 1. The number of rotatable bonds is 3. The normalized spacial score (nSPS) is 24.5. The molecule has 1 amide bonds. The summed E-state index contributed by atoms with van der Waals surface area (Å²) in [6.07, 6.45) is 5.77. The summed E-state index contributed by atoms with van der Waals surface area (Å²) in [6, 6.07) is 0. The van der Waals surface area contributed by atoms with Gasteiger partial charge in [0, 0.05) is 44.5 Å². The fourth-order valence-corrected chi connectivity index (χ4v) is 3.53. The lowest BCUT2D eigenvalue weighted by Crippen LogP contribution is -2.60. The van der Waals surface area contributed by atoms with E-state index in [1.165, 1.54) is 0 Å². The Morgan fingerprint density at radius 2 is 2.14 bits per heavy atom. The molecule has 2 aliphatic heterocycles. The van der Waals surface area contributed by atoms with Gasteiger partial charge in [0.05, 0.1) is 18.8 Å². The molecule has 122 valence electrons. The zero-order valence-electron chi connectivity index (χ0n) is 13.5. The van der Waals surface area contributed by atoms with E-state index in [1.54, 1.807) is 6.20 Å². The van der Waals surface area contributed by atoms with Crippen LogP contribution in [0.3, 0.4) is 0 Å². The Balaban J connectivity index is 1.68. The number of H-pyrrole nitrogens is 1. The van der Waals surface area contributed by atoms with Gasteiger partial charge in [-0.3, -0.25) is 9.69 Å². The van der Waals surface area contributed by atoms with Crippen molar-refractivity contribution in [1.29, 1.82) is 0 Å². The van der Waals surface area contributed by atoms with Crippen molar-refractivity contribution in [2.45, 2.75) is 38.1 Å². The minimum atomic E-state index is -0.463. The lowest BCUT2D eigenvalue weighted by atomic mass is 9.93. The number of piperidine rings is 1. The lowest BCUT2D eigenvalue weighted by Gasteiger charge is -2.44. The maximum absolute atomic E-state index is 13.0. The van der Waals surface area contributed by atoms with Crippen molar-refractivity contribution in [3.8, 4) is 0 Å². The molecule has 6 heteroatoms. The van der Waals surface area contributed by atoms with Crippen LogP contribution in [0.5, 0.6) is 0 Å². The number of aromatic nitrogens is 2.